The molecule has 2 rings (SSSR count). The lowest BCUT2D eigenvalue weighted by molar-refractivity contribution is 0.190. The molecule has 1 nitrogen and oxygen atoms in total. The second-order valence-corrected chi connectivity index (χ2v) is 6.38. The Morgan fingerprint density at radius 3 is 2.14 bits per heavy atom. The summed E-state index contributed by atoms with van der Waals surface area (Å²) in [5.41, 5.74) is 2.73. The normalized spacial score (nSPS) is 15.7. The predicted molar refractivity (Wildman–Crippen MR) is 90.4 cm³/mol. The minimum absolute atomic E-state index is 0.0946. The number of nitrogens with zero attached hydrogens (tertiary/aromatic N) is 1. The van der Waals surface area contributed by atoms with E-state index < -0.39 is 0 Å². The Hall–Kier alpha value is -1.63. The van der Waals surface area contributed by atoms with Gasteiger partial charge < -0.3 is 0 Å². The van der Waals surface area contributed by atoms with E-state index in [1.807, 2.05) is 12.3 Å². The van der Waals surface area contributed by atoms with Gasteiger partial charge in [0.25, 0.3) is 0 Å². The average molecular weight is 281 g/mol. The summed E-state index contributed by atoms with van der Waals surface area (Å²) >= 11 is 0. The highest BCUT2D eigenvalue weighted by Gasteiger charge is 2.41. The lowest BCUT2D eigenvalue weighted by atomic mass is 9.62. The maximum Gasteiger partial charge on any atom is 0.0473 e. The van der Waals surface area contributed by atoms with Gasteiger partial charge in [0.2, 0.25) is 0 Å². The Balaban J connectivity index is 2.51. The van der Waals surface area contributed by atoms with E-state index in [2.05, 4.69) is 70.2 Å². The van der Waals surface area contributed by atoms with Gasteiger partial charge in [-0.05, 0) is 36.0 Å². The lowest BCUT2D eigenvalue weighted by Gasteiger charge is -2.42. The first-order valence-electron chi connectivity index (χ1n) is 8.06. The molecule has 1 heterocycles. The smallest absolute Gasteiger partial charge is 0.0473 e. The number of rotatable bonds is 6. The van der Waals surface area contributed by atoms with Crippen molar-refractivity contribution in [3.63, 3.8) is 0 Å². The molecular formula is C20H27N. The monoisotopic (exact) mass is 281 g/mol. The summed E-state index contributed by atoms with van der Waals surface area (Å²) in [6, 6.07) is 17.2. The minimum atomic E-state index is 0.0946. The highest BCUT2D eigenvalue weighted by molar-refractivity contribution is 5.26. The molecule has 0 bridgehead atoms. The van der Waals surface area contributed by atoms with E-state index in [0.29, 0.717) is 11.8 Å². The predicted octanol–water partition coefficient (Wildman–Crippen LogP) is 5.26. The molecule has 0 amide bonds. The van der Waals surface area contributed by atoms with E-state index in [1.165, 1.54) is 17.7 Å². The topological polar surface area (TPSA) is 12.9 Å². The molecule has 1 heteroatoms. The van der Waals surface area contributed by atoms with Crippen LogP contribution in [-0.2, 0) is 11.8 Å². The van der Waals surface area contributed by atoms with Crippen LogP contribution >= 0.6 is 0 Å². The lowest BCUT2D eigenvalue weighted by Crippen LogP contribution is -2.42. The summed E-state index contributed by atoms with van der Waals surface area (Å²) in [6.07, 6.45) is 4.15. The molecule has 2 aromatic rings. The minimum Gasteiger partial charge on any atom is -0.261 e. The van der Waals surface area contributed by atoms with E-state index in [9.17, 15) is 0 Å². The molecule has 2 unspecified atom stereocenters. The first-order valence-corrected chi connectivity index (χ1v) is 8.06. The molecule has 0 spiro atoms. The van der Waals surface area contributed by atoms with Crippen molar-refractivity contribution in [3.05, 3.63) is 66.0 Å². The third-order valence-corrected chi connectivity index (χ3v) is 5.00. The molecule has 0 saturated carbocycles. The van der Waals surface area contributed by atoms with Gasteiger partial charge >= 0.3 is 0 Å². The second-order valence-electron chi connectivity index (χ2n) is 6.38. The highest BCUT2D eigenvalue weighted by Crippen LogP contribution is 2.42. The molecule has 0 fully saturated rings. The van der Waals surface area contributed by atoms with Crippen molar-refractivity contribution in [3.8, 4) is 0 Å². The maximum atomic E-state index is 4.74. The Labute approximate surface area is 129 Å². The van der Waals surface area contributed by atoms with Crippen LogP contribution in [0.1, 0.15) is 45.4 Å². The fraction of sp³-hybridized carbons (Fsp3) is 0.450. The molecule has 0 N–H and O–H groups in total. The van der Waals surface area contributed by atoms with Gasteiger partial charge in [0.15, 0.2) is 0 Å². The van der Waals surface area contributed by atoms with Gasteiger partial charge in [-0.25, -0.2) is 0 Å². The zero-order chi connectivity index (χ0) is 15.3. The maximum absolute atomic E-state index is 4.74. The Bertz CT molecular complexity index is 532. The summed E-state index contributed by atoms with van der Waals surface area (Å²) in [5.74, 6) is 1.13. The molecule has 1 aromatic carbocycles. The molecule has 0 radical (unpaired) electrons. The van der Waals surface area contributed by atoms with E-state index in [0.717, 1.165) is 6.42 Å². The SMILES string of the molecule is CCC(C)C(Cc1ccccc1)(c1ccccn1)C(C)C. The quantitative estimate of drug-likeness (QED) is 0.703. The number of benzene rings is 1. The Kier molecular flexibility index (Phi) is 5.17. The molecule has 0 aliphatic heterocycles. The van der Waals surface area contributed by atoms with Crippen LogP contribution in [0.25, 0.3) is 0 Å². The van der Waals surface area contributed by atoms with Gasteiger partial charge in [-0.2, -0.15) is 0 Å². The van der Waals surface area contributed by atoms with E-state index in [-0.39, 0.29) is 5.41 Å². The van der Waals surface area contributed by atoms with E-state index >= 15 is 0 Å². The summed E-state index contributed by atoms with van der Waals surface area (Å²) in [6.45, 7) is 9.33. The average Bonchev–Trinajstić information content (AvgIpc) is 2.53. The van der Waals surface area contributed by atoms with Crippen molar-refractivity contribution < 1.29 is 0 Å². The molecule has 112 valence electrons. The van der Waals surface area contributed by atoms with Gasteiger partial charge in [0.1, 0.15) is 0 Å². The van der Waals surface area contributed by atoms with Crippen molar-refractivity contribution >= 4 is 0 Å². The molecule has 0 aliphatic carbocycles. The third-order valence-electron chi connectivity index (χ3n) is 5.00. The van der Waals surface area contributed by atoms with Crippen LogP contribution in [0, 0.1) is 11.8 Å². The van der Waals surface area contributed by atoms with Crippen LogP contribution in [0.5, 0.6) is 0 Å². The van der Waals surface area contributed by atoms with Crippen molar-refractivity contribution in [1.29, 1.82) is 0 Å². The summed E-state index contributed by atoms with van der Waals surface area (Å²) < 4.78 is 0. The molecule has 0 aliphatic rings. The summed E-state index contributed by atoms with van der Waals surface area (Å²) in [5, 5.41) is 0. The van der Waals surface area contributed by atoms with E-state index in [1.54, 1.807) is 0 Å². The van der Waals surface area contributed by atoms with Gasteiger partial charge in [0.05, 0.1) is 0 Å². The van der Waals surface area contributed by atoms with Gasteiger partial charge in [-0.3, -0.25) is 4.98 Å². The number of hydrogen-bond acceptors (Lipinski definition) is 1. The number of hydrogen-bond donors (Lipinski definition) is 0. The zero-order valence-electron chi connectivity index (χ0n) is 13.7. The molecule has 2 atom stereocenters. The Morgan fingerprint density at radius 2 is 1.62 bits per heavy atom. The van der Waals surface area contributed by atoms with Crippen molar-refractivity contribution in [2.24, 2.45) is 11.8 Å². The first-order chi connectivity index (χ1) is 10.1. The molecular weight excluding hydrogens is 254 g/mol. The fourth-order valence-corrected chi connectivity index (χ4v) is 3.52. The third kappa shape index (κ3) is 3.18. The van der Waals surface area contributed by atoms with Gasteiger partial charge in [-0.15, -0.1) is 0 Å². The molecule has 0 saturated heterocycles. The Morgan fingerprint density at radius 1 is 0.952 bits per heavy atom. The fourth-order valence-electron chi connectivity index (χ4n) is 3.52. The first kappa shape index (κ1) is 15.8. The molecule has 21 heavy (non-hydrogen) atoms. The van der Waals surface area contributed by atoms with Crippen molar-refractivity contribution in [1.82, 2.24) is 4.98 Å². The van der Waals surface area contributed by atoms with Gasteiger partial charge in [0, 0.05) is 17.3 Å². The summed E-state index contributed by atoms with van der Waals surface area (Å²) in [4.78, 5) is 4.74. The van der Waals surface area contributed by atoms with Crippen LogP contribution in [0.2, 0.25) is 0 Å². The van der Waals surface area contributed by atoms with Crippen LogP contribution in [-0.4, -0.2) is 4.98 Å². The standard InChI is InChI=1S/C20H27N/c1-5-17(4)20(16(2)3,19-13-9-10-14-21-19)15-18-11-7-6-8-12-18/h6-14,16-17H,5,15H2,1-4H3. The number of aromatic nitrogens is 1. The second kappa shape index (κ2) is 6.89. The van der Waals surface area contributed by atoms with E-state index in [4.69, 9.17) is 4.98 Å². The number of pyridine rings is 1. The van der Waals surface area contributed by atoms with Gasteiger partial charge in [-0.1, -0.05) is 70.5 Å². The highest BCUT2D eigenvalue weighted by atomic mass is 14.7. The van der Waals surface area contributed by atoms with Crippen LogP contribution in [0.3, 0.4) is 0 Å². The van der Waals surface area contributed by atoms with Crippen molar-refractivity contribution in [2.45, 2.75) is 46.0 Å². The van der Waals surface area contributed by atoms with Crippen molar-refractivity contribution in [2.75, 3.05) is 0 Å². The largest absolute Gasteiger partial charge is 0.261 e. The zero-order valence-corrected chi connectivity index (χ0v) is 13.7. The van der Waals surface area contributed by atoms with Crippen LogP contribution in [0.4, 0.5) is 0 Å². The molecule has 1 aromatic heterocycles. The van der Waals surface area contributed by atoms with Crippen LogP contribution in [0.15, 0.2) is 54.7 Å². The summed E-state index contributed by atoms with van der Waals surface area (Å²) in [7, 11) is 0. The van der Waals surface area contributed by atoms with Crippen LogP contribution < -0.4 is 0 Å².